The van der Waals surface area contributed by atoms with E-state index in [1.54, 1.807) is 0 Å². The van der Waals surface area contributed by atoms with Gasteiger partial charge in [0.1, 0.15) is 30.5 Å². The Hall–Kier alpha value is -1.42. The number of aliphatic hydroxyl groups is 3. The SMILES string of the molecule is CCCCC/C=C\C/C=C\CCCCCCCC(=O)OC(COCCCCCCCC)COC1OC(CO)C(O)C(OS(=O)(=O)O)C1O. The zero-order valence-corrected chi connectivity index (χ0v) is 30.1. The zero-order valence-electron chi connectivity index (χ0n) is 29.3. The van der Waals surface area contributed by atoms with Crippen LogP contribution in [0.25, 0.3) is 0 Å². The van der Waals surface area contributed by atoms with E-state index in [1.807, 2.05) is 0 Å². The summed E-state index contributed by atoms with van der Waals surface area (Å²) in [5.74, 6) is -0.418. The first-order chi connectivity index (χ1) is 23.1. The van der Waals surface area contributed by atoms with Crippen molar-refractivity contribution in [3.05, 3.63) is 24.3 Å². The van der Waals surface area contributed by atoms with Crippen LogP contribution in [0.4, 0.5) is 0 Å². The van der Waals surface area contributed by atoms with Gasteiger partial charge in [-0.2, -0.15) is 8.42 Å². The predicted octanol–water partition coefficient (Wildman–Crippen LogP) is 5.73. The highest BCUT2D eigenvalue weighted by Gasteiger charge is 2.48. The van der Waals surface area contributed by atoms with Crippen LogP contribution in [0.2, 0.25) is 0 Å². The van der Waals surface area contributed by atoms with Gasteiger partial charge in [0.05, 0.1) is 19.8 Å². The monoisotopic (exact) mass is 708 g/mol. The standard InChI is InChI=1S/C35H64O12S/c1-3-5-7-9-11-12-13-14-15-16-17-18-19-20-22-24-31(37)45-29(27-43-25-23-21-10-8-6-4-2)28-44-35-33(39)34(47-48(40,41)42)32(38)30(26-36)46-35/h11-12,14-15,29-30,32-36,38-39H,3-10,13,16-28H2,1-2H3,(H,40,41,42)/b12-11-,15-14-. The second-order valence-corrected chi connectivity index (χ2v) is 13.5. The topological polar surface area (TPSA) is 178 Å². The minimum atomic E-state index is -5.05. The Morgan fingerprint density at radius 1 is 0.792 bits per heavy atom. The maximum absolute atomic E-state index is 12.7. The van der Waals surface area contributed by atoms with Crippen molar-refractivity contribution in [3.63, 3.8) is 0 Å². The average Bonchev–Trinajstić information content (AvgIpc) is 3.05. The number of unbranched alkanes of at least 4 members (excludes halogenated alkanes) is 13. The number of hydrogen-bond donors (Lipinski definition) is 4. The van der Waals surface area contributed by atoms with Crippen molar-refractivity contribution >= 4 is 16.4 Å². The molecule has 6 unspecified atom stereocenters. The van der Waals surface area contributed by atoms with Crippen LogP contribution in [0.5, 0.6) is 0 Å². The predicted molar refractivity (Wildman–Crippen MR) is 184 cm³/mol. The Balaban J connectivity index is 2.50. The summed E-state index contributed by atoms with van der Waals surface area (Å²) in [4.78, 5) is 12.7. The summed E-state index contributed by atoms with van der Waals surface area (Å²) in [6.45, 7) is 3.85. The molecule has 0 aromatic rings. The van der Waals surface area contributed by atoms with E-state index >= 15 is 0 Å². The number of carbonyl (C=O) groups excluding carboxylic acids is 1. The van der Waals surface area contributed by atoms with Crippen molar-refractivity contribution in [2.24, 2.45) is 0 Å². The fourth-order valence-corrected chi connectivity index (χ4v) is 5.80. The molecular formula is C35H64O12S. The fraction of sp³-hybridized carbons (Fsp3) is 0.857. The molecule has 0 saturated carbocycles. The maximum atomic E-state index is 12.7. The van der Waals surface area contributed by atoms with Crippen LogP contribution in [-0.4, -0.2) is 97.5 Å². The Morgan fingerprint density at radius 3 is 2.02 bits per heavy atom. The van der Waals surface area contributed by atoms with Crippen LogP contribution < -0.4 is 0 Å². The van der Waals surface area contributed by atoms with E-state index < -0.39 is 59.8 Å². The lowest BCUT2D eigenvalue weighted by molar-refractivity contribution is -0.301. The lowest BCUT2D eigenvalue weighted by atomic mass is 9.99. The van der Waals surface area contributed by atoms with E-state index in [2.05, 4.69) is 42.3 Å². The third-order valence-electron chi connectivity index (χ3n) is 8.08. The minimum Gasteiger partial charge on any atom is -0.457 e. The van der Waals surface area contributed by atoms with Gasteiger partial charge in [-0.1, -0.05) is 102 Å². The first-order valence-corrected chi connectivity index (χ1v) is 19.5. The summed E-state index contributed by atoms with van der Waals surface area (Å²) in [6.07, 6.45) is 18.2. The molecule has 1 fully saturated rings. The summed E-state index contributed by atoms with van der Waals surface area (Å²) in [6, 6.07) is 0. The van der Waals surface area contributed by atoms with E-state index in [0.717, 1.165) is 64.2 Å². The van der Waals surface area contributed by atoms with Gasteiger partial charge in [-0.05, 0) is 44.9 Å². The molecule has 1 aliphatic rings. The lowest BCUT2D eigenvalue weighted by Crippen LogP contribution is -2.60. The molecule has 282 valence electrons. The molecule has 0 radical (unpaired) electrons. The average molecular weight is 709 g/mol. The molecule has 13 heteroatoms. The number of rotatable bonds is 30. The molecule has 4 N–H and O–H groups in total. The highest BCUT2D eigenvalue weighted by molar-refractivity contribution is 7.80. The van der Waals surface area contributed by atoms with E-state index in [4.69, 9.17) is 23.5 Å². The molecule has 0 bridgehead atoms. The largest absolute Gasteiger partial charge is 0.457 e. The van der Waals surface area contributed by atoms with Gasteiger partial charge in [0, 0.05) is 13.0 Å². The second kappa shape index (κ2) is 28.3. The van der Waals surface area contributed by atoms with Crippen molar-refractivity contribution < 1.29 is 56.2 Å². The third kappa shape index (κ3) is 22.3. The number of hydrogen-bond acceptors (Lipinski definition) is 11. The van der Waals surface area contributed by atoms with Gasteiger partial charge in [0.25, 0.3) is 0 Å². The van der Waals surface area contributed by atoms with E-state index in [0.29, 0.717) is 13.0 Å². The van der Waals surface area contributed by atoms with Gasteiger partial charge in [-0.25, -0.2) is 4.18 Å². The summed E-state index contributed by atoms with van der Waals surface area (Å²) in [5.41, 5.74) is 0. The quantitative estimate of drug-likeness (QED) is 0.0309. The Morgan fingerprint density at radius 2 is 1.38 bits per heavy atom. The normalized spacial score (nSPS) is 22.5. The minimum absolute atomic E-state index is 0.0304. The van der Waals surface area contributed by atoms with Gasteiger partial charge in [-0.15, -0.1) is 0 Å². The molecular weight excluding hydrogens is 644 g/mol. The van der Waals surface area contributed by atoms with E-state index in [9.17, 15) is 28.5 Å². The molecule has 1 rings (SSSR count). The van der Waals surface area contributed by atoms with Crippen LogP contribution in [-0.2, 0) is 38.3 Å². The smallest absolute Gasteiger partial charge is 0.397 e. The van der Waals surface area contributed by atoms with Crippen molar-refractivity contribution in [1.29, 1.82) is 0 Å². The van der Waals surface area contributed by atoms with Gasteiger partial charge in [0.15, 0.2) is 6.29 Å². The molecule has 0 amide bonds. The molecule has 1 aliphatic heterocycles. The Bertz CT molecular complexity index is 957. The molecule has 6 atom stereocenters. The van der Waals surface area contributed by atoms with Crippen LogP contribution in [0.3, 0.4) is 0 Å². The molecule has 1 heterocycles. The summed E-state index contributed by atoms with van der Waals surface area (Å²) in [7, 11) is -5.05. The highest BCUT2D eigenvalue weighted by Crippen LogP contribution is 2.26. The van der Waals surface area contributed by atoms with E-state index in [1.165, 1.54) is 38.5 Å². The Labute approximate surface area is 289 Å². The number of ether oxygens (including phenoxy) is 4. The van der Waals surface area contributed by atoms with Crippen molar-refractivity contribution in [3.8, 4) is 0 Å². The maximum Gasteiger partial charge on any atom is 0.397 e. The van der Waals surface area contributed by atoms with Crippen molar-refractivity contribution in [1.82, 2.24) is 0 Å². The molecule has 0 spiro atoms. The first kappa shape index (κ1) is 44.6. The van der Waals surface area contributed by atoms with Gasteiger partial charge in [-0.3, -0.25) is 9.35 Å². The van der Waals surface area contributed by atoms with Gasteiger partial charge in [0.2, 0.25) is 0 Å². The number of esters is 1. The third-order valence-corrected chi connectivity index (χ3v) is 8.54. The van der Waals surface area contributed by atoms with Crippen LogP contribution in [0.15, 0.2) is 24.3 Å². The van der Waals surface area contributed by atoms with Gasteiger partial charge >= 0.3 is 16.4 Å². The number of carbonyl (C=O) groups is 1. The number of aliphatic hydroxyl groups excluding tert-OH is 3. The van der Waals surface area contributed by atoms with Crippen LogP contribution in [0, 0.1) is 0 Å². The fourth-order valence-electron chi connectivity index (χ4n) is 5.29. The van der Waals surface area contributed by atoms with Crippen molar-refractivity contribution in [2.75, 3.05) is 26.4 Å². The summed E-state index contributed by atoms with van der Waals surface area (Å²) >= 11 is 0. The van der Waals surface area contributed by atoms with Crippen LogP contribution >= 0.6 is 0 Å². The molecule has 12 nitrogen and oxygen atoms in total. The lowest BCUT2D eigenvalue weighted by Gasteiger charge is -2.41. The van der Waals surface area contributed by atoms with Crippen LogP contribution in [0.1, 0.15) is 129 Å². The zero-order chi connectivity index (χ0) is 35.5. The highest BCUT2D eigenvalue weighted by atomic mass is 32.3. The van der Waals surface area contributed by atoms with E-state index in [-0.39, 0.29) is 19.6 Å². The molecule has 0 aromatic heterocycles. The number of allylic oxidation sites excluding steroid dienone is 4. The van der Waals surface area contributed by atoms with Crippen molar-refractivity contribution in [2.45, 2.75) is 166 Å². The first-order valence-electron chi connectivity index (χ1n) is 18.1. The summed E-state index contributed by atoms with van der Waals surface area (Å²) < 4.78 is 58.4. The Kier molecular flexibility index (Phi) is 26.3. The molecule has 1 saturated heterocycles. The summed E-state index contributed by atoms with van der Waals surface area (Å²) in [5, 5.41) is 30.4. The second-order valence-electron chi connectivity index (χ2n) is 12.5. The van der Waals surface area contributed by atoms with Gasteiger partial charge < -0.3 is 34.3 Å². The molecule has 0 aliphatic carbocycles. The molecule has 0 aromatic carbocycles. The molecule has 48 heavy (non-hydrogen) atoms.